The third-order valence-corrected chi connectivity index (χ3v) is 10.8. The summed E-state index contributed by atoms with van der Waals surface area (Å²) in [6.45, 7) is 2.20. The Bertz CT molecular complexity index is 2470. The van der Waals surface area contributed by atoms with E-state index in [-0.39, 0.29) is 53.6 Å². The Morgan fingerprint density at radius 3 is 2.56 bits per heavy atom. The number of halogens is 3. The van der Waals surface area contributed by atoms with Gasteiger partial charge in [-0.3, -0.25) is 33.7 Å². The fourth-order valence-corrected chi connectivity index (χ4v) is 7.62. The number of ether oxygens (including phenoxy) is 2. The van der Waals surface area contributed by atoms with E-state index in [0.29, 0.717) is 62.0 Å². The Morgan fingerprint density at radius 2 is 1.79 bits per heavy atom. The summed E-state index contributed by atoms with van der Waals surface area (Å²) in [5.74, 6) is -2.65. The SMILES string of the molecule is NC(=O)c1nn(C2CCC(CNCCOCCOCCCc3ccc4c(c3)oc(=O)n4C3CCC(=O)NC3=O)CC2)cc1NC(=O)c1coc(-c2ccnc(NCC(F)(F)F)c2)n1. The summed E-state index contributed by atoms with van der Waals surface area (Å²) in [6, 6.07) is 7.43. The summed E-state index contributed by atoms with van der Waals surface area (Å²) < 4.78 is 63.1. The summed E-state index contributed by atoms with van der Waals surface area (Å²) in [6.07, 6.45) is 4.80. The first-order valence-electron chi connectivity index (χ1n) is 20.6. The van der Waals surface area contributed by atoms with Crippen molar-refractivity contribution in [3.8, 4) is 11.5 Å². The molecule has 6 N–H and O–H groups in total. The Hall–Kier alpha value is -6.39. The molecule has 0 radical (unpaired) electrons. The molecule has 63 heavy (non-hydrogen) atoms. The van der Waals surface area contributed by atoms with Crippen molar-refractivity contribution >= 4 is 46.2 Å². The van der Waals surface area contributed by atoms with Crippen molar-refractivity contribution in [3.05, 3.63) is 76.5 Å². The number of anilines is 2. The highest BCUT2D eigenvalue weighted by Crippen LogP contribution is 2.33. The second-order valence-corrected chi connectivity index (χ2v) is 15.3. The number of pyridine rings is 1. The monoisotopic (exact) mass is 880 g/mol. The molecule has 0 spiro atoms. The molecular weight excluding hydrogens is 834 g/mol. The van der Waals surface area contributed by atoms with Gasteiger partial charge in [-0.1, -0.05) is 6.07 Å². The second kappa shape index (κ2) is 20.2. The highest BCUT2D eigenvalue weighted by Gasteiger charge is 2.32. The number of hydrogen-bond donors (Lipinski definition) is 5. The number of benzene rings is 1. The zero-order chi connectivity index (χ0) is 44.5. The van der Waals surface area contributed by atoms with Crippen LogP contribution in [0.5, 0.6) is 0 Å². The number of nitrogens with two attached hydrogens (primary N) is 1. The number of alkyl halides is 3. The average molecular weight is 881 g/mol. The van der Waals surface area contributed by atoms with Gasteiger partial charge in [-0.05, 0) is 87.2 Å². The van der Waals surface area contributed by atoms with Gasteiger partial charge < -0.3 is 40.0 Å². The van der Waals surface area contributed by atoms with E-state index in [0.717, 1.165) is 50.5 Å². The average Bonchev–Trinajstić information content (AvgIpc) is 4.00. The van der Waals surface area contributed by atoms with Crippen molar-refractivity contribution in [1.29, 1.82) is 0 Å². The number of fused-ring (bicyclic) bond motifs is 1. The van der Waals surface area contributed by atoms with Gasteiger partial charge in [-0.2, -0.15) is 18.3 Å². The van der Waals surface area contributed by atoms with Gasteiger partial charge in [0, 0.05) is 37.5 Å². The van der Waals surface area contributed by atoms with Crippen LogP contribution in [-0.2, 0) is 25.5 Å². The summed E-state index contributed by atoms with van der Waals surface area (Å²) >= 11 is 0. The van der Waals surface area contributed by atoms with Crippen LogP contribution in [-0.4, -0.2) is 100 Å². The zero-order valence-corrected chi connectivity index (χ0v) is 34.1. The van der Waals surface area contributed by atoms with Crippen molar-refractivity contribution in [1.82, 2.24) is 34.9 Å². The van der Waals surface area contributed by atoms with E-state index in [9.17, 15) is 37.1 Å². The fourth-order valence-electron chi connectivity index (χ4n) is 7.62. The molecule has 2 fully saturated rings. The van der Waals surface area contributed by atoms with Crippen LogP contribution in [0.1, 0.15) is 83.6 Å². The van der Waals surface area contributed by atoms with Gasteiger partial charge in [-0.15, -0.1) is 0 Å². The fraction of sp³-hybridized carbons (Fsp3) is 0.463. The molecule has 0 bridgehead atoms. The lowest BCUT2D eigenvalue weighted by Crippen LogP contribution is -2.43. The van der Waals surface area contributed by atoms with E-state index in [4.69, 9.17) is 24.0 Å². The van der Waals surface area contributed by atoms with Crippen molar-refractivity contribution in [2.75, 3.05) is 56.7 Å². The first-order chi connectivity index (χ1) is 30.3. The highest BCUT2D eigenvalue weighted by molar-refractivity contribution is 6.07. The molecule has 1 saturated heterocycles. The van der Waals surface area contributed by atoms with Crippen LogP contribution in [0.4, 0.5) is 24.7 Å². The van der Waals surface area contributed by atoms with E-state index in [1.165, 1.54) is 22.9 Å². The van der Waals surface area contributed by atoms with Gasteiger partial charge in [0.05, 0.1) is 37.1 Å². The van der Waals surface area contributed by atoms with Crippen molar-refractivity contribution < 1.29 is 50.7 Å². The Balaban J connectivity index is 0.762. The number of piperidine rings is 1. The number of primary amides is 1. The lowest BCUT2D eigenvalue weighted by Gasteiger charge is -2.28. The number of amides is 4. The Morgan fingerprint density at radius 1 is 1.00 bits per heavy atom. The van der Waals surface area contributed by atoms with E-state index in [1.807, 2.05) is 6.07 Å². The number of aryl methyl sites for hydroxylation is 1. The van der Waals surface area contributed by atoms with E-state index in [2.05, 4.69) is 36.3 Å². The Kier molecular flexibility index (Phi) is 14.3. The number of nitrogens with one attached hydrogen (secondary N) is 4. The molecule has 1 aromatic carbocycles. The molecule has 336 valence electrons. The maximum absolute atomic E-state index is 13.1. The molecular formula is C41H47F3N10O9. The van der Waals surface area contributed by atoms with Crippen LogP contribution in [0.25, 0.3) is 22.6 Å². The molecule has 2 aliphatic rings. The normalized spacial score (nSPS) is 18.1. The third kappa shape index (κ3) is 11.8. The van der Waals surface area contributed by atoms with E-state index < -0.39 is 42.2 Å². The molecule has 22 heteroatoms. The molecule has 7 rings (SSSR count). The van der Waals surface area contributed by atoms with Gasteiger partial charge in [0.25, 0.3) is 11.8 Å². The highest BCUT2D eigenvalue weighted by atomic mass is 19.4. The van der Waals surface area contributed by atoms with Crippen LogP contribution in [0.3, 0.4) is 0 Å². The smallest absolute Gasteiger partial charge is 0.420 e. The first-order valence-corrected chi connectivity index (χ1v) is 20.6. The first kappa shape index (κ1) is 44.7. The molecule has 5 heterocycles. The van der Waals surface area contributed by atoms with Crippen LogP contribution in [0.2, 0.25) is 0 Å². The number of hydrogen-bond acceptors (Lipinski definition) is 14. The Labute approximate surface area is 357 Å². The van der Waals surface area contributed by atoms with Crippen LogP contribution in [0, 0.1) is 5.92 Å². The van der Waals surface area contributed by atoms with Crippen molar-refractivity contribution in [2.24, 2.45) is 11.7 Å². The van der Waals surface area contributed by atoms with Gasteiger partial charge in [0.2, 0.25) is 17.7 Å². The second-order valence-electron chi connectivity index (χ2n) is 15.3. The molecule has 1 unspecified atom stereocenters. The zero-order valence-electron chi connectivity index (χ0n) is 34.1. The molecule has 1 aliphatic carbocycles. The summed E-state index contributed by atoms with van der Waals surface area (Å²) in [5.41, 5.74) is 7.63. The molecule has 5 aromatic rings. The number of aromatic nitrogens is 5. The molecule has 1 atom stereocenters. The van der Waals surface area contributed by atoms with Crippen LogP contribution >= 0.6 is 0 Å². The van der Waals surface area contributed by atoms with Crippen LogP contribution < -0.4 is 32.8 Å². The lowest BCUT2D eigenvalue weighted by atomic mass is 9.86. The number of carbonyl (C=O) groups excluding carboxylic acids is 4. The van der Waals surface area contributed by atoms with Gasteiger partial charge >= 0.3 is 11.9 Å². The maximum Gasteiger partial charge on any atom is 0.420 e. The van der Waals surface area contributed by atoms with Gasteiger partial charge in [0.15, 0.2) is 17.0 Å². The minimum Gasteiger partial charge on any atom is -0.444 e. The number of carbonyl (C=O) groups is 4. The number of nitrogens with zero attached hydrogens (tertiary/aromatic N) is 5. The van der Waals surface area contributed by atoms with E-state index in [1.54, 1.807) is 23.0 Å². The number of oxazole rings is 2. The minimum absolute atomic E-state index is 0.00949. The number of rotatable bonds is 20. The molecule has 19 nitrogen and oxygen atoms in total. The predicted octanol–water partition coefficient (Wildman–Crippen LogP) is 4.13. The quantitative estimate of drug-likeness (QED) is 0.0545. The summed E-state index contributed by atoms with van der Waals surface area (Å²) in [5, 5.41) is 14.9. The summed E-state index contributed by atoms with van der Waals surface area (Å²) in [4.78, 5) is 69.7. The van der Waals surface area contributed by atoms with Crippen molar-refractivity contribution in [3.63, 3.8) is 0 Å². The molecule has 4 amide bonds. The standard InChI is InChI=1S/C41H47F3N10O9/c42-41(43,44)23-48-33-19-26(11-12-47-33)39-50-29(22-62-39)37(57)49-28-21-53(52-35(28)36(45)56)27-6-3-25(4-7-27)20-46-13-15-61-17-16-60-14-1-2-24-5-8-30-32(18-24)63-40(59)54(30)31-9-10-34(55)51-38(31)58/h5,8,11-12,18-19,21-22,25,27,31,46H,1-4,6-7,9-10,13-17,20,23H2,(H2,45,56)(H,47,48)(H,49,57)(H,51,55,58). The third-order valence-electron chi connectivity index (χ3n) is 10.8. The van der Waals surface area contributed by atoms with Crippen molar-refractivity contribution in [2.45, 2.75) is 69.6 Å². The number of imide groups is 1. The lowest BCUT2D eigenvalue weighted by molar-refractivity contribution is -0.135. The topological polar surface area (TPSA) is 253 Å². The van der Waals surface area contributed by atoms with Gasteiger partial charge in [0.1, 0.15) is 24.7 Å². The molecule has 1 saturated carbocycles. The van der Waals surface area contributed by atoms with Crippen LogP contribution in [0.15, 0.2) is 62.6 Å². The minimum atomic E-state index is -4.44. The largest absolute Gasteiger partial charge is 0.444 e. The molecule has 1 aliphatic heterocycles. The summed E-state index contributed by atoms with van der Waals surface area (Å²) in [7, 11) is 0. The maximum atomic E-state index is 13.1. The molecule has 4 aromatic heterocycles. The van der Waals surface area contributed by atoms with E-state index >= 15 is 0 Å². The predicted molar refractivity (Wildman–Crippen MR) is 219 cm³/mol. The van der Waals surface area contributed by atoms with Gasteiger partial charge in [-0.25, -0.2) is 14.8 Å².